The number of Topliss-reactive ketones (excluding diaryl/α,β-unsaturated/α-hetero) is 1. The van der Waals surface area contributed by atoms with E-state index in [-0.39, 0.29) is 5.78 Å². The molecule has 20 heavy (non-hydrogen) atoms. The van der Waals surface area contributed by atoms with E-state index in [1.54, 1.807) is 0 Å². The molecule has 0 N–H and O–H groups in total. The molecule has 0 spiro atoms. The predicted molar refractivity (Wildman–Crippen MR) is 75.3 cm³/mol. The lowest BCUT2D eigenvalue weighted by atomic mass is 9.99. The van der Waals surface area contributed by atoms with Crippen LogP contribution in [-0.2, 0) is 0 Å². The lowest BCUT2D eigenvalue weighted by molar-refractivity contribution is 0.103. The molecule has 1 aliphatic rings. The first-order valence-electron chi connectivity index (χ1n) is 6.47. The highest BCUT2D eigenvalue weighted by atomic mass is 19.1. The zero-order valence-electron chi connectivity index (χ0n) is 10.8. The van der Waals surface area contributed by atoms with Gasteiger partial charge in [-0.25, -0.2) is 4.39 Å². The molecule has 0 aliphatic carbocycles. The first-order valence-corrected chi connectivity index (χ1v) is 6.47. The van der Waals surface area contributed by atoms with Crippen LogP contribution in [0.15, 0.2) is 54.1 Å². The number of ether oxygens (including phenoxy) is 1. The second-order valence-electron chi connectivity index (χ2n) is 4.65. The van der Waals surface area contributed by atoms with E-state index in [2.05, 4.69) is 0 Å². The summed E-state index contributed by atoms with van der Waals surface area (Å²) in [5.74, 6) is -0.143. The quantitative estimate of drug-likeness (QED) is 0.734. The molecule has 0 saturated heterocycles. The number of halogens is 1. The lowest BCUT2D eigenvalue weighted by Gasteiger charge is -2.04. The fraction of sp³-hybridized carbons (Fsp3) is 0.118. The monoisotopic (exact) mass is 268 g/mol. The molecule has 2 nitrogen and oxygen atoms in total. The second kappa shape index (κ2) is 5.29. The molecule has 3 heteroatoms. The van der Waals surface area contributed by atoms with Gasteiger partial charge in [-0.1, -0.05) is 30.3 Å². The highest BCUT2D eigenvalue weighted by Gasteiger charge is 2.21. The fourth-order valence-corrected chi connectivity index (χ4v) is 2.25. The Hall–Kier alpha value is -2.42. The van der Waals surface area contributed by atoms with Gasteiger partial charge in [-0.3, -0.25) is 4.79 Å². The van der Waals surface area contributed by atoms with Crippen LogP contribution < -0.4 is 4.74 Å². The number of hydrogen-bond acceptors (Lipinski definition) is 2. The first kappa shape index (κ1) is 12.6. The van der Waals surface area contributed by atoms with Crippen molar-refractivity contribution in [3.05, 3.63) is 71.0 Å². The summed E-state index contributed by atoms with van der Waals surface area (Å²) in [6.45, 7) is 0.420. The van der Waals surface area contributed by atoms with E-state index < -0.39 is 5.82 Å². The van der Waals surface area contributed by atoms with Gasteiger partial charge < -0.3 is 4.74 Å². The Kier molecular flexibility index (Phi) is 3.33. The van der Waals surface area contributed by atoms with Crippen LogP contribution in [-0.4, -0.2) is 12.4 Å². The molecular formula is C17H13FO2. The Morgan fingerprint density at radius 2 is 1.90 bits per heavy atom. The number of rotatable bonds is 1. The molecule has 0 saturated carbocycles. The average Bonchev–Trinajstić information content (AvgIpc) is 2.61. The number of carbonyl (C=O) groups is 1. The van der Waals surface area contributed by atoms with Gasteiger partial charge in [0.15, 0.2) is 5.78 Å². The molecule has 0 bridgehead atoms. The summed E-state index contributed by atoms with van der Waals surface area (Å²) in [6, 6.07) is 13.7. The van der Waals surface area contributed by atoms with Gasteiger partial charge in [0.1, 0.15) is 11.6 Å². The van der Waals surface area contributed by atoms with Crippen molar-refractivity contribution in [2.45, 2.75) is 6.42 Å². The first-order chi connectivity index (χ1) is 9.74. The number of fused-ring (bicyclic) bond motifs is 1. The van der Waals surface area contributed by atoms with Crippen LogP contribution in [0.1, 0.15) is 22.3 Å². The van der Waals surface area contributed by atoms with E-state index in [4.69, 9.17) is 4.74 Å². The SMILES string of the molecule is O=C1/C(=C/c2ccccc2)CCOc2ccc(F)cc21. The second-order valence-corrected chi connectivity index (χ2v) is 4.65. The molecular weight excluding hydrogens is 255 g/mol. The maximum absolute atomic E-state index is 13.3. The summed E-state index contributed by atoms with van der Waals surface area (Å²) >= 11 is 0. The number of carbonyl (C=O) groups excluding carboxylic acids is 1. The molecule has 0 aromatic heterocycles. The van der Waals surface area contributed by atoms with Crippen LogP contribution in [0.25, 0.3) is 6.08 Å². The minimum atomic E-state index is -0.429. The molecule has 0 fully saturated rings. The third kappa shape index (κ3) is 2.48. The van der Waals surface area contributed by atoms with Crippen LogP contribution in [0.4, 0.5) is 4.39 Å². The minimum Gasteiger partial charge on any atom is -0.492 e. The van der Waals surface area contributed by atoms with E-state index >= 15 is 0 Å². The summed E-state index contributed by atoms with van der Waals surface area (Å²) in [5, 5.41) is 0. The normalized spacial score (nSPS) is 16.4. The van der Waals surface area contributed by atoms with Crippen molar-refractivity contribution in [2.75, 3.05) is 6.61 Å². The maximum Gasteiger partial charge on any atom is 0.192 e. The van der Waals surface area contributed by atoms with E-state index in [1.165, 1.54) is 18.2 Å². The minimum absolute atomic E-state index is 0.166. The molecule has 0 unspecified atom stereocenters. The Balaban J connectivity index is 2.03. The van der Waals surface area contributed by atoms with E-state index in [1.807, 2.05) is 36.4 Å². The van der Waals surface area contributed by atoms with Crippen molar-refractivity contribution in [3.63, 3.8) is 0 Å². The lowest BCUT2D eigenvalue weighted by Crippen LogP contribution is -2.02. The summed E-state index contributed by atoms with van der Waals surface area (Å²) in [6.07, 6.45) is 2.36. The smallest absolute Gasteiger partial charge is 0.192 e. The van der Waals surface area contributed by atoms with E-state index in [9.17, 15) is 9.18 Å². The van der Waals surface area contributed by atoms with Crippen LogP contribution >= 0.6 is 0 Å². The van der Waals surface area contributed by atoms with E-state index in [0.717, 1.165) is 5.56 Å². The Morgan fingerprint density at radius 3 is 2.70 bits per heavy atom. The third-order valence-corrected chi connectivity index (χ3v) is 3.25. The summed E-state index contributed by atoms with van der Waals surface area (Å²) in [4.78, 5) is 12.5. The maximum atomic E-state index is 13.3. The largest absolute Gasteiger partial charge is 0.492 e. The Bertz CT molecular complexity index is 675. The molecule has 0 atom stereocenters. The van der Waals surface area contributed by atoms with Crippen molar-refractivity contribution in [2.24, 2.45) is 0 Å². The van der Waals surface area contributed by atoms with Crippen LogP contribution in [0, 0.1) is 5.82 Å². The van der Waals surface area contributed by atoms with Gasteiger partial charge in [0, 0.05) is 12.0 Å². The van der Waals surface area contributed by atoms with Gasteiger partial charge in [-0.05, 0) is 29.8 Å². The summed E-state index contributed by atoms with van der Waals surface area (Å²) < 4.78 is 18.8. The predicted octanol–water partition coefficient (Wildman–Crippen LogP) is 3.87. The van der Waals surface area contributed by atoms with Gasteiger partial charge in [-0.15, -0.1) is 0 Å². The van der Waals surface area contributed by atoms with Crippen LogP contribution in [0.2, 0.25) is 0 Å². The highest BCUT2D eigenvalue weighted by Crippen LogP contribution is 2.28. The molecule has 3 rings (SSSR count). The number of hydrogen-bond donors (Lipinski definition) is 0. The highest BCUT2D eigenvalue weighted by molar-refractivity contribution is 6.13. The molecule has 2 aromatic rings. The number of ketones is 1. The number of benzene rings is 2. The fourth-order valence-electron chi connectivity index (χ4n) is 2.25. The average molecular weight is 268 g/mol. The van der Waals surface area contributed by atoms with Crippen molar-refractivity contribution >= 4 is 11.9 Å². The van der Waals surface area contributed by atoms with Crippen LogP contribution in [0.5, 0.6) is 5.75 Å². The topological polar surface area (TPSA) is 26.3 Å². The Morgan fingerprint density at radius 1 is 1.10 bits per heavy atom. The molecule has 0 radical (unpaired) electrons. The summed E-state index contributed by atoms with van der Waals surface area (Å²) in [7, 11) is 0. The van der Waals surface area contributed by atoms with Gasteiger partial charge in [0.25, 0.3) is 0 Å². The summed E-state index contributed by atoms with van der Waals surface area (Å²) in [5.41, 5.74) is 1.89. The molecule has 1 heterocycles. The molecule has 1 aliphatic heterocycles. The molecule has 2 aromatic carbocycles. The van der Waals surface area contributed by atoms with E-state index in [0.29, 0.717) is 29.9 Å². The molecule has 100 valence electrons. The van der Waals surface area contributed by atoms with Crippen molar-refractivity contribution in [3.8, 4) is 5.75 Å². The zero-order chi connectivity index (χ0) is 13.9. The van der Waals surface area contributed by atoms with Gasteiger partial charge in [-0.2, -0.15) is 0 Å². The van der Waals surface area contributed by atoms with Gasteiger partial charge in [0.2, 0.25) is 0 Å². The van der Waals surface area contributed by atoms with Gasteiger partial charge >= 0.3 is 0 Å². The van der Waals surface area contributed by atoms with Crippen molar-refractivity contribution in [1.82, 2.24) is 0 Å². The Labute approximate surface area is 116 Å². The van der Waals surface area contributed by atoms with Gasteiger partial charge in [0.05, 0.1) is 12.2 Å². The zero-order valence-corrected chi connectivity index (χ0v) is 10.8. The molecule has 0 amide bonds. The van der Waals surface area contributed by atoms with Crippen molar-refractivity contribution in [1.29, 1.82) is 0 Å². The van der Waals surface area contributed by atoms with Crippen molar-refractivity contribution < 1.29 is 13.9 Å². The third-order valence-electron chi connectivity index (χ3n) is 3.25. The van der Waals surface area contributed by atoms with Crippen LogP contribution in [0.3, 0.4) is 0 Å². The standard InChI is InChI=1S/C17H13FO2/c18-14-6-7-16-15(11-14)17(19)13(8-9-20-16)10-12-4-2-1-3-5-12/h1-7,10-11H,8-9H2/b13-10+.